The van der Waals surface area contributed by atoms with Gasteiger partial charge in [0.1, 0.15) is 6.04 Å². The molecule has 7 heteroatoms. The fourth-order valence-electron chi connectivity index (χ4n) is 3.63. The Morgan fingerprint density at radius 3 is 2.54 bits per heavy atom. The number of carboxylic acids is 1. The smallest absolute Gasteiger partial charge is 0.306 e. The summed E-state index contributed by atoms with van der Waals surface area (Å²) in [6.07, 6.45) is 3.15. The quantitative estimate of drug-likeness (QED) is 0.709. The van der Waals surface area contributed by atoms with Crippen molar-refractivity contribution in [1.29, 1.82) is 0 Å². The third-order valence-electron chi connectivity index (χ3n) is 5.39. The van der Waals surface area contributed by atoms with E-state index < -0.39 is 17.9 Å². The fourth-order valence-corrected chi connectivity index (χ4v) is 3.63. The minimum absolute atomic E-state index is 0.150. The number of benzene rings is 1. The molecule has 0 saturated carbocycles. The fraction of sp³-hybridized carbons (Fsp3) is 0.476. The van der Waals surface area contributed by atoms with Crippen LogP contribution in [0.1, 0.15) is 32.3 Å². The lowest BCUT2D eigenvalue weighted by Crippen LogP contribution is -2.52. The van der Waals surface area contributed by atoms with E-state index in [2.05, 4.69) is 10.3 Å². The molecule has 1 fully saturated rings. The van der Waals surface area contributed by atoms with Gasteiger partial charge in [0.25, 0.3) is 0 Å². The molecule has 0 aliphatic carbocycles. The summed E-state index contributed by atoms with van der Waals surface area (Å²) < 4.78 is 0. The summed E-state index contributed by atoms with van der Waals surface area (Å²) in [4.78, 5) is 41.5. The summed E-state index contributed by atoms with van der Waals surface area (Å²) in [5, 5.41) is 13.1. The lowest BCUT2D eigenvalue weighted by Gasteiger charge is -2.33. The number of carbonyl (C=O) groups excluding carboxylic acids is 2. The number of aliphatic carboxylic acids is 1. The number of H-pyrrole nitrogens is 1. The van der Waals surface area contributed by atoms with Crippen molar-refractivity contribution in [2.45, 2.75) is 39.2 Å². The SMILES string of the molecule is CC(C)C(=O)NC(Cc1c[nH]c2ccccc12)C(=O)N1CCC(C(=O)O)CC1. The summed E-state index contributed by atoms with van der Waals surface area (Å²) >= 11 is 0. The molecule has 1 aromatic heterocycles. The summed E-state index contributed by atoms with van der Waals surface area (Å²) in [6.45, 7) is 4.39. The van der Waals surface area contributed by atoms with Crippen LogP contribution in [0.3, 0.4) is 0 Å². The third kappa shape index (κ3) is 4.35. The Balaban J connectivity index is 1.77. The maximum atomic E-state index is 13.1. The molecule has 2 heterocycles. The van der Waals surface area contributed by atoms with Crippen molar-refractivity contribution in [3.8, 4) is 0 Å². The molecule has 7 nitrogen and oxygen atoms in total. The molecule has 1 aliphatic heterocycles. The van der Waals surface area contributed by atoms with Crippen LogP contribution in [0.15, 0.2) is 30.5 Å². The Morgan fingerprint density at radius 1 is 1.21 bits per heavy atom. The molecular weight excluding hydrogens is 358 g/mol. The molecule has 1 unspecified atom stereocenters. The maximum absolute atomic E-state index is 13.1. The number of fused-ring (bicyclic) bond motifs is 1. The first-order valence-corrected chi connectivity index (χ1v) is 9.73. The molecule has 28 heavy (non-hydrogen) atoms. The van der Waals surface area contributed by atoms with Crippen molar-refractivity contribution >= 4 is 28.7 Å². The van der Waals surface area contributed by atoms with Gasteiger partial charge in [0.15, 0.2) is 0 Å². The zero-order valence-electron chi connectivity index (χ0n) is 16.3. The first-order chi connectivity index (χ1) is 13.4. The van der Waals surface area contributed by atoms with Crippen LogP contribution in [-0.2, 0) is 20.8 Å². The molecule has 3 N–H and O–H groups in total. The van der Waals surface area contributed by atoms with Gasteiger partial charge in [-0.05, 0) is 24.5 Å². The first kappa shape index (κ1) is 19.9. The molecule has 1 aromatic carbocycles. The van der Waals surface area contributed by atoms with Crippen LogP contribution in [0.25, 0.3) is 10.9 Å². The van der Waals surface area contributed by atoms with E-state index in [1.54, 1.807) is 18.7 Å². The number of rotatable bonds is 6. The lowest BCUT2D eigenvalue weighted by molar-refractivity contribution is -0.146. The summed E-state index contributed by atoms with van der Waals surface area (Å²) in [5.74, 6) is -1.75. The second kappa shape index (κ2) is 8.46. The number of hydrogen-bond donors (Lipinski definition) is 3. The van der Waals surface area contributed by atoms with Crippen LogP contribution in [0.5, 0.6) is 0 Å². The molecule has 1 aliphatic rings. The third-order valence-corrected chi connectivity index (χ3v) is 5.39. The zero-order valence-corrected chi connectivity index (χ0v) is 16.3. The highest BCUT2D eigenvalue weighted by molar-refractivity contribution is 5.90. The molecule has 3 rings (SSSR count). The number of para-hydroxylation sites is 1. The summed E-state index contributed by atoms with van der Waals surface area (Å²) in [6, 6.07) is 7.18. The Kier molecular flexibility index (Phi) is 6.02. The van der Waals surface area contributed by atoms with Crippen molar-refractivity contribution in [2.75, 3.05) is 13.1 Å². The molecule has 150 valence electrons. The van der Waals surface area contributed by atoms with Crippen molar-refractivity contribution in [3.63, 3.8) is 0 Å². The highest BCUT2D eigenvalue weighted by atomic mass is 16.4. The number of aromatic nitrogens is 1. The number of hydrogen-bond acceptors (Lipinski definition) is 3. The topological polar surface area (TPSA) is 103 Å². The number of carbonyl (C=O) groups is 3. The van der Waals surface area contributed by atoms with Crippen molar-refractivity contribution in [2.24, 2.45) is 11.8 Å². The van der Waals surface area contributed by atoms with Gasteiger partial charge in [-0.1, -0.05) is 32.0 Å². The maximum Gasteiger partial charge on any atom is 0.306 e. The number of amides is 2. The predicted octanol–water partition coefficient (Wildman–Crippen LogP) is 2.17. The number of nitrogens with zero attached hydrogens (tertiary/aromatic N) is 1. The summed E-state index contributed by atoms with van der Waals surface area (Å²) in [7, 11) is 0. The van der Waals surface area contributed by atoms with Crippen molar-refractivity contribution in [1.82, 2.24) is 15.2 Å². The second-order valence-corrected chi connectivity index (χ2v) is 7.72. The average molecular weight is 385 g/mol. The largest absolute Gasteiger partial charge is 0.481 e. The van der Waals surface area contributed by atoms with E-state index in [-0.39, 0.29) is 17.7 Å². The molecule has 0 bridgehead atoms. The first-order valence-electron chi connectivity index (χ1n) is 9.73. The van der Waals surface area contributed by atoms with Crippen LogP contribution in [0.2, 0.25) is 0 Å². The van der Waals surface area contributed by atoms with Crippen LogP contribution in [0, 0.1) is 11.8 Å². The van der Waals surface area contributed by atoms with Gasteiger partial charge in [-0.3, -0.25) is 14.4 Å². The van der Waals surface area contributed by atoms with Crippen LogP contribution >= 0.6 is 0 Å². The van der Waals surface area contributed by atoms with Gasteiger partial charge in [0.05, 0.1) is 5.92 Å². The number of likely N-dealkylation sites (tertiary alicyclic amines) is 1. The van der Waals surface area contributed by atoms with Gasteiger partial charge in [0, 0.05) is 42.5 Å². The molecule has 2 amide bonds. The predicted molar refractivity (Wildman–Crippen MR) is 106 cm³/mol. The van der Waals surface area contributed by atoms with E-state index in [0.29, 0.717) is 32.4 Å². The average Bonchev–Trinajstić information content (AvgIpc) is 3.09. The molecule has 0 spiro atoms. The number of aromatic amines is 1. The van der Waals surface area contributed by atoms with E-state index in [9.17, 15) is 14.4 Å². The van der Waals surface area contributed by atoms with Gasteiger partial charge in [-0.2, -0.15) is 0 Å². The van der Waals surface area contributed by atoms with Gasteiger partial charge in [0.2, 0.25) is 11.8 Å². The Hall–Kier alpha value is -2.83. The Labute approximate surface area is 164 Å². The minimum atomic E-state index is -0.810. The molecule has 2 aromatic rings. The van der Waals surface area contributed by atoms with Gasteiger partial charge >= 0.3 is 5.97 Å². The van der Waals surface area contributed by atoms with E-state index in [1.807, 2.05) is 30.5 Å². The molecule has 1 atom stereocenters. The number of piperidine rings is 1. The van der Waals surface area contributed by atoms with Gasteiger partial charge in [-0.15, -0.1) is 0 Å². The van der Waals surface area contributed by atoms with E-state index in [0.717, 1.165) is 16.5 Å². The van der Waals surface area contributed by atoms with E-state index >= 15 is 0 Å². The monoisotopic (exact) mass is 385 g/mol. The van der Waals surface area contributed by atoms with Crippen LogP contribution < -0.4 is 5.32 Å². The normalized spacial score (nSPS) is 16.3. The lowest BCUT2D eigenvalue weighted by atomic mass is 9.95. The van der Waals surface area contributed by atoms with Crippen LogP contribution in [-0.4, -0.2) is 51.9 Å². The Morgan fingerprint density at radius 2 is 1.89 bits per heavy atom. The minimum Gasteiger partial charge on any atom is -0.481 e. The van der Waals surface area contributed by atoms with Crippen molar-refractivity contribution < 1.29 is 19.5 Å². The molecule has 0 radical (unpaired) electrons. The second-order valence-electron chi connectivity index (χ2n) is 7.72. The molecular formula is C21H27N3O4. The zero-order chi connectivity index (χ0) is 20.3. The van der Waals surface area contributed by atoms with E-state index in [1.165, 1.54) is 0 Å². The number of nitrogens with one attached hydrogen (secondary N) is 2. The van der Waals surface area contributed by atoms with Crippen molar-refractivity contribution in [3.05, 3.63) is 36.0 Å². The van der Waals surface area contributed by atoms with E-state index in [4.69, 9.17) is 5.11 Å². The summed E-state index contributed by atoms with van der Waals surface area (Å²) in [5.41, 5.74) is 1.96. The highest BCUT2D eigenvalue weighted by Gasteiger charge is 2.32. The molecule has 1 saturated heterocycles. The standard InChI is InChI=1S/C21H27N3O4/c1-13(2)19(25)23-18(11-15-12-22-17-6-4-3-5-16(15)17)20(26)24-9-7-14(8-10-24)21(27)28/h3-6,12-14,18,22H,7-11H2,1-2H3,(H,23,25)(H,27,28). The number of carboxylic acid groups (broad SMARTS) is 1. The van der Waals surface area contributed by atoms with Gasteiger partial charge in [-0.25, -0.2) is 0 Å². The van der Waals surface area contributed by atoms with Gasteiger partial charge < -0.3 is 20.3 Å². The highest BCUT2D eigenvalue weighted by Crippen LogP contribution is 2.22. The Bertz CT molecular complexity index is 865. The van der Waals surface area contributed by atoms with Crippen LogP contribution in [0.4, 0.5) is 0 Å².